The molecule has 1 amide bonds. The predicted molar refractivity (Wildman–Crippen MR) is 276 cm³/mol. The van der Waals surface area contributed by atoms with Crippen molar-refractivity contribution in [3.63, 3.8) is 0 Å². The van der Waals surface area contributed by atoms with Crippen molar-refractivity contribution in [3.05, 3.63) is 122 Å². The second-order valence-corrected chi connectivity index (χ2v) is 19.3. The van der Waals surface area contributed by atoms with Crippen molar-refractivity contribution < 1.29 is 48.6 Å². The molecule has 0 aromatic heterocycles. The number of fused-ring (bicyclic) bond motifs is 2. The molecule has 72 heavy (non-hydrogen) atoms. The lowest BCUT2D eigenvalue weighted by molar-refractivity contribution is -0.385. The third-order valence-corrected chi connectivity index (χ3v) is 14.3. The second-order valence-electron chi connectivity index (χ2n) is 19.3. The molecule has 16 heteroatoms. The normalized spacial score (nSPS) is 21.4. The topological polar surface area (TPSA) is 206 Å². The van der Waals surface area contributed by atoms with Crippen LogP contribution in [-0.2, 0) is 20.9 Å². The van der Waals surface area contributed by atoms with Gasteiger partial charge < -0.3 is 34.0 Å². The van der Waals surface area contributed by atoms with Gasteiger partial charge in [-0.25, -0.2) is 4.79 Å². The van der Waals surface area contributed by atoms with Crippen LogP contribution in [0.25, 0.3) is 0 Å². The number of carbonyl (C=O) groups excluding carboxylic acids is 1. The minimum Gasteiger partial charge on any atom is -0.459 e. The summed E-state index contributed by atoms with van der Waals surface area (Å²) in [5.74, 6) is -1.28. The lowest BCUT2D eigenvalue weighted by Gasteiger charge is -2.59. The summed E-state index contributed by atoms with van der Waals surface area (Å²) in [6.07, 6.45) is 19.8. The van der Waals surface area contributed by atoms with Gasteiger partial charge in [0.25, 0.3) is 11.4 Å². The van der Waals surface area contributed by atoms with Crippen molar-refractivity contribution >= 4 is 23.2 Å². The number of nitro groups is 2. The van der Waals surface area contributed by atoms with Crippen molar-refractivity contribution in [3.8, 4) is 17.2 Å². The molecule has 0 spiro atoms. The Labute approximate surface area is 424 Å². The third-order valence-electron chi connectivity index (χ3n) is 14.3. The van der Waals surface area contributed by atoms with Crippen LogP contribution < -0.4 is 9.47 Å². The van der Waals surface area contributed by atoms with Crippen LogP contribution in [-0.4, -0.2) is 81.6 Å². The van der Waals surface area contributed by atoms with Crippen LogP contribution in [0.1, 0.15) is 146 Å². The van der Waals surface area contributed by atoms with Gasteiger partial charge in [0.05, 0.1) is 40.8 Å². The number of oxime groups is 1. The van der Waals surface area contributed by atoms with Gasteiger partial charge in [-0.15, -0.1) is 6.58 Å². The van der Waals surface area contributed by atoms with Crippen LogP contribution in [0.5, 0.6) is 17.2 Å². The fourth-order valence-electron chi connectivity index (χ4n) is 10.9. The molecule has 1 fully saturated rings. The quantitative estimate of drug-likeness (QED) is 0.0259. The summed E-state index contributed by atoms with van der Waals surface area (Å²) >= 11 is 0. The van der Waals surface area contributed by atoms with E-state index in [-0.39, 0.29) is 68.6 Å². The summed E-state index contributed by atoms with van der Waals surface area (Å²) in [6.45, 7) is 9.04. The zero-order chi connectivity index (χ0) is 51.3. The number of ether oxygens (including phenoxy) is 4. The number of benzene rings is 3. The number of rotatable bonds is 32. The van der Waals surface area contributed by atoms with E-state index in [2.05, 4.69) is 19.6 Å². The number of nitrogens with zero attached hydrogens (tertiary/aromatic N) is 4. The first-order valence-corrected chi connectivity index (χ1v) is 26.4. The highest BCUT2D eigenvalue weighted by molar-refractivity contribution is 6.03. The number of amides is 1. The Bertz CT molecular complexity index is 2290. The van der Waals surface area contributed by atoms with Gasteiger partial charge in [0.2, 0.25) is 5.79 Å². The average molecular weight is 997 g/mol. The molecule has 0 radical (unpaired) electrons. The number of aliphatic hydroxyl groups excluding tert-OH is 2. The van der Waals surface area contributed by atoms with E-state index < -0.39 is 33.7 Å². The van der Waals surface area contributed by atoms with Crippen LogP contribution in [0.3, 0.4) is 0 Å². The van der Waals surface area contributed by atoms with Gasteiger partial charge in [0, 0.05) is 55.9 Å². The minimum absolute atomic E-state index is 0.0204. The molecule has 3 aliphatic rings. The molecule has 16 nitrogen and oxygen atoms in total. The first-order chi connectivity index (χ1) is 35.1. The van der Waals surface area contributed by atoms with E-state index in [0.29, 0.717) is 54.3 Å². The van der Waals surface area contributed by atoms with Crippen molar-refractivity contribution in [1.82, 2.24) is 4.90 Å². The SMILES string of the molecule is C=CCOC12Oc3ccc(Oc4cccc([N+](=O)[O-])c4)cc3C3C(CCCCO)C(CCCCO)C=C(C(=NOCc4ccc([N+](=O)[O-])cc4)CC1N(CCC)C(=O)OCCCCCCCCCCCC)C32. The van der Waals surface area contributed by atoms with E-state index in [1.165, 1.54) is 62.8 Å². The number of non-ortho nitro benzene ring substituents is 2. The summed E-state index contributed by atoms with van der Waals surface area (Å²) in [7, 11) is 0. The molecule has 6 rings (SSSR count). The Morgan fingerprint density at radius 3 is 2.18 bits per heavy atom. The number of hydrogen-bond acceptors (Lipinski definition) is 13. The van der Waals surface area contributed by atoms with Crippen LogP contribution in [0, 0.1) is 38.0 Å². The van der Waals surface area contributed by atoms with Crippen LogP contribution in [0.15, 0.2) is 96.2 Å². The number of carbonyl (C=O) groups is 1. The summed E-state index contributed by atoms with van der Waals surface area (Å²) in [5, 5.41) is 48.0. The molecule has 6 atom stereocenters. The molecule has 2 aliphatic carbocycles. The lowest BCUT2D eigenvalue weighted by atomic mass is 9.55. The summed E-state index contributed by atoms with van der Waals surface area (Å²) in [5.41, 5.74) is 2.78. The summed E-state index contributed by atoms with van der Waals surface area (Å²) in [4.78, 5) is 44.9. The number of aliphatic hydroxyl groups is 2. The van der Waals surface area contributed by atoms with E-state index in [0.717, 1.165) is 62.5 Å². The molecule has 2 N–H and O–H groups in total. The third kappa shape index (κ3) is 14.4. The molecule has 0 bridgehead atoms. The Hall–Kier alpha value is -5.84. The van der Waals surface area contributed by atoms with Crippen molar-refractivity contribution in [1.29, 1.82) is 0 Å². The van der Waals surface area contributed by atoms with Gasteiger partial charge in [0.15, 0.2) is 0 Å². The van der Waals surface area contributed by atoms with Crippen LogP contribution in [0.2, 0.25) is 0 Å². The molecule has 1 aliphatic heterocycles. The molecule has 1 heterocycles. The maximum atomic E-state index is 14.7. The van der Waals surface area contributed by atoms with Gasteiger partial charge in [-0.3, -0.25) is 25.1 Å². The number of allylic oxidation sites excluding steroid dienone is 1. The second kappa shape index (κ2) is 28.4. The van der Waals surface area contributed by atoms with E-state index >= 15 is 0 Å². The smallest absolute Gasteiger partial charge is 0.410 e. The largest absolute Gasteiger partial charge is 0.459 e. The first-order valence-electron chi connectivity index (χ1n) is 26.4. The van der Waals surface area contributed by atoms with Crippen LogP contribution in [0.4, 0.5) is 16.2 Å². The monoisotopic (exact) mass is 997 g/mol. The van der Waals surface area contributed by atoms with E-state index in [9.17, 15) is 35.2 Å². The Morgan fingerprint density at radius 2 is 1.51 bits per heavy atom. The highest BCUT2D eigenvalue weighted by Gasteiger charge is 2.65. The predicted octanol–water partition coefficient (Wildman–Crippen LogP) is 12.9. The molecule has 3 aromatic rings. The van der Waals surface area contributed by atoms with Gasteiger partial charge >= 0.3 is 6.09 Å². The molecule has 0 saturated heterocycles. The van der Waals surface area contributed by atoms with Gasteiger partial charge in [-0.05, 0) is 97.9 Å². The van der Waals surface area contributed by atoms with Crippen molar-refractivity contribution in [2.45, 2.75) is 154 Å². The van der Waals surface area contributed by atoms with Gasteiger partial charge in [0.1, 0.15) is 29.9 Å². The summed E-state index contributed by atoms with van der Waals surface area (Å²) < 4.78 is 26.9. The van der Waals surface area contributed by atoms with E-state index in [4.69, 9.17) is 28.9 Å². The average Bonchev–Trinajstić information content (AvgIpc) is 3.38. The molecule has 392 valence electrons. The Kier molecular flexibility index (Phi) is 21.9. The maximum Gasteiger partial charge on any atom is 0.410 e. The van der Waals surface area contributed by atoms with Crippen molar-refractivity contribution in [2.75, 3.05) is 33.0 Å². The summed E-state index contributed by atoms with van der Waals surface area (Å²) in [6, 6.07) is 16.9. The number of unbranched alkanes of at least 4 members (excludes halogenated alkanes) is 11. The fourth-order valence-corrected chi connectivity index (χ4v) is 10.9. The minimum atomic E-state index is -1.51. The van der Waals surface area contributed by atoms with E-state index in [1.807, 2.05) is 19.1 Å². The van der Waals surface area contributed by atoms with Gasteiger partial charge in [-0.2, -0.15) is 0 Å². The molecular weight excluding hydrogens is 921 g/mol. The zero-order valence-electron chi connectivity index (χ0n) is 42.3. The van der Waals surface area contributed by atoms with Crippen LogP contribution >= 0.6 is 0 Å². The Balaban J connectivity index is 1.44. The highest BCUT2D eigenvalue weighted by Crippen LogP contribution is 2.62. The Morgan fingerprint density at radius 1 is 0.833 bits per heavy atom. The lowest BCUT2D eigenvalue weighted by Crippen LogP contribution is -2.70. The molecular formula is C56H76N4O12. The van der Waals surface area contributed by atoms with Crippen molar-refractivity contribution in [2.24, 2.45) is 22.9 Å². The molecule has 1 saturated carbocycles. The first kappa shape index (κ1) is 55.5. The standard InChI is InChI=1S/C56H76N4O12/c1-4-7-8-9-10-11-12-13-14-19-35-68-55(63)58(31-5-2)52-39-50(57-70-40-41-25-27-43(28-26-41)59(64)65)48-36-42(21-15-17-32-61)47(24-16-18-33-62)53-49-38-46(71-45-23-20-22-44(37-45)60(66)67)29-30-51(49)72-56(52,54(48)53)69-34-6-3/h6,20,22-23,25-30,36-38,42,47,52-54,61-62H,3-5,7-19,21,24,31-35,39-40H2,1-2H3. The fraction of sp³-hybridized carbons (Fsp3) is 0.571. The van der Waals surface area contributed by atoms with E-state index in [1.54, 1.807) is 41.3 Å². The maximum absolute atomic E-state index is 14.7. The molecule has 3 aromatic carbocycles. The number of nitro benzene ring substituents is 2. The zero-order valence-corrected chi connectivity index (χ0v) is 42.3. The number of hydrogen-bond donors (Lipinski definition) is 2. The highest BCUT2D eigenvalue weighted by atomic mass is 16.7. The molecule has 6 unspecified atom stereocenters. The van der Waals surface area contributed by atoms with Gasteiger partial charge in [-0.1, -0.05) is 108 Å².